The summed E-state index contributed by atoms with van der Waals surface area (Å²) in [4.78, 5) is 13.5. The molecule has 0 radical (unpaired) electrons. The first-order chi connectivity index (χ1) is 18.7. The summed E-state index contributed by atoms with van der Waals surface area (Å²) in [7, 11) is 0.385. The Kier molecular flexibility index (Phi) is 7.90. The number of hydrogen-bond acceptors (Lipinski definition) is 5. The van der Waals surface area contributed by atoms with Crippen LogP contribution in [0.3, 0.4) is 0 Å². The quantitative estimate of drug-likeness (QED) is 0.137. The van der Waals surface area contributed by atoms with E-state index in [1.54, 1.807) is 0 Å². The van der Waals surface area contributed by atoms with Crippen molar-refractivity contribution in [2.45, 2.75) is 84.2 Å². The van der Waals surface area contributed by atoms with Gasteiger partial charge in [-0.1, -0.05) is 58.0 Å². The number of rotatable bonds is 8. The number of aromatic nitrogens is 3. The molecule has 1 fully saturated rings. The Labute approximate surface area is 233 Å². The third-order valence-electron chi connectivity index (χ3n) is 8.43. The van der Waals surface area contributed by atoms with E-state index in [1.807, 2.05) is 24.7 Å². The van der Waals surface area contributed by atoms with E-state index in [0.717, 1.165) is 64.9 Å². The summed E-state index contributed by atoms with van der Waals surface area (Å²) in [6.07, 6.45) is 6.58. The second-order valence-electron chi connectivity index (χ2n) is 11.8. The number of para-hydroxylation sites is 1. The van der Waals surface area contributed by atoms with Crippen LogP contribution in [0, 0.1) is 0 Å². The van der Waals surface area contributed by atoms with Crippen LogP contribution in [0.4, 0.5) is 0 Å². The van der Waals surface area contributed by atoms with Crippen molar-refractivity contribution < 1.29 is 18.7 Å². The highest BCUT2D eigenvalue weighted by Gasteiger charge is 2.56. The van der Waals surface area contributed by atoms with Gasteiger partial charge in [-0.3, -0.25) is 4.68 Å². The van der Waals surface area contributed by atoms with Crippen molar-refractivity contribution in [1.82, 2.24) is 14.3 Å². The fraction of sp³-hybridized carbons (Fsp3) is 0.548. The molecule has 0 saturated carbocycles. The number of nitrogens with zero attached hydrogens (tertiary/aromatic N) is 3. The van der Waals surface area contributed by atoms with Crippen LogP contribution >= 0.6 is 0 Å². The van der Waals surface area contributed by atoms with Gasteiger partial charge < -0.3 is 18.5 Å². The fourth-order valence-corrected chi connectivity index (χ4v) is 9.77. The smallest absolute Gasteiger partial charge is 0.355 e. The van der Waals surface area contributed by atoms with E-state index in [1.165, 1.54) is 12.1 Å². The van der Waals surface area contributed by atoms with Crippen molar-refractivity contribution in [2.24, 2.45) is 7.05 Å². The molecule has 4 heterocycles. The fourth-order valence-electron chi connectivity index (χ4n) is 6.11. The molecule has 39 heavy (non-hydrogen) atoms. The van der Waals surface area contributed by atoms with E-state index in [0.29, 0.717) is 32.1 Å². The Morgan fingerprint density at radius 1 is 1.18 bits per heavy atom. The van der Waals surface area contributed by atoms with Gasteiger partial charge in [-0.2, -0.15) is 5.10 Å². The molecule has 5 rings (SSSR count). The van der Waals surface area contributed by atoms with Crippen LogP contribution in [0.1, 0.15) is 68.5 Å². The minimum atomic E-state index is -1.60. The van der Waals surface area contributed by atoms with Crippen molar-refractivity contribution in [3.63, 3.8) is 0 Å². The topological polar surface area (TPSA) is 67.5 Å². The maximum atomic E-state index is 13.5. The Morgan fingerprint density at radius 2 is 1.97 bits per heavy atom. The predicted octanol–water partition coefficient (Wildman–Crippen LogP) is 6.58. The zero-order valence-corrected chi connectivity index (χ0v) is 25.4. The maximum Gasteiger partial charge on any atom is 0.355 e. The molecule has 0 bridgehead atoms. The number of carbonyl (C=O) groups excluding carboxylic acids is 1. The highest BCUT2D eigenvalue weighted by atomic mass is 28.4. The van der Waals surface area contributed by atoms with Gasteiger partial charge in [0.15, 0.2) is 8.32 Å². The minimum absolute atomic E-state index is 0.264. The lowest BCUT2D eigenvalue weighted by Crippen LogP contribution is -2.32. The van der Waals surface area contributed by atoms with Gasteiger partial charge in [-0.25, -0.2) is 4.79 Å². The zero-order valence-electron chi connectivity index (χ0n) is 24.4. The summed E-state index contributed by atoms with van der Waals surface area (Å²) < 4.78 is 22.3. The second kappa shape index (κ2) is 11.1. The number of fused-ring (bicyclic) bond motifs is 2. The zero-order chi connectivity index (χ0) is 27.8. The molecule has 0 spiro atoms. The molecule has 7 nitrogen and oxygen atoms in total. The number of allylic oxidation sites excluding steroid dienone is 1. The minimum Gasteiger partial charge on any atom is -0.461 e. The van der Waals surface area contributed by atoms with E-state index in [4.69, 9.17) is 19.0 Å². The van der Waals surface area contributed by atoms with Gasteiger partial charge in [0.1, 0.15) is 5.69 Å². The van der Waals surface area contributed by atoms with Gasteiger partial charge in [-0.05, 0) is 48.9 Å². The van der Waals surface area contributed by atoms with Gasteiger partial charge in [-0.15, -0.1) is 0 Å². The highest BCUT2D eigenvalue weighted by Crippen LogP contribution is 2.54. The molecule has 210 valence electrons. The van der Waals surface area contributed by atoms with Gasteiger partial charge >= 0.3 is 5.97 Å². The van der Waals surface area contributed by atoms with Crippen LogP contribution in [0.25, 0.3) is 22.0 Å². The average molecular weight is 550 g/mol. The van der Waals surface area contributed by atoms with Gasteiger partial charge in [0, 0.05) is 36.7 Å². The number of hydrogen-bond donors (Lipinski definition) is 0. The van der Waals surface area contributed by atoms with Crippen molar-refractivity contribution in [2.75, 3.05) is 19.8 Å². The Balaban J connectivity index is 1.63. The molecule has 0 atom stereocenters. The Bertz CT molecular complexity index is 1390. The summed E-state index contributed by atoms with van der Waals surface area (Å²) >= 11 is 0. The highest BCUT2D eigenvalue weighted by molar-refractivity contribution is 6.86. The molecular formula is C31H43N3O4Si. The van der Waals surface area contributed by atoms with Gasteiger partial charge in [0.25, 0.3) is 0 Å². The van der Waals surface area contributed by atoms with E-state index >= 15 is 0 Å². The van der Waals surface area contributed by atoms with E-state index in [-0.39, 0.29) is 11.0 Å². The summed E-state index contributed by atoms with van der Waals surface area (Å²) in [5, 5.41) is 6.22. The first kappa shape index (κ1) is 27.9. The van der Waals surface area contributed by atoms with Crippen LogP contribution < -0.4 is 0 Å². The van der Waals surface area contributed by atoms with Gasteiger partial charge in [0.2, 0.25) is 0 Å². The SMILES string of the molecule is CCOC(=O)c1c(CCCO[Si]2(C(C)(C)C)CC2)c2cccc3c2n1C/C=C\COCc1c-3c(CC)nn1C. The van der Waals surface area contributed by atoms with Crippen molar-refractivity contribution in [3.05, 3.63) is 53.0 Å². The van der Waals surface area contributed by atoms with Crippen molar-refractivity contribution in [1.29, 1.82) is 0 Å². The molecular weight excluding hydrogens is 506 g/mol. The third kappa shape index (κ3) is 5.14. The standard InChI is InChI=1S/C31H43N3O4Si/c1-7-25-27-24-14-11-13-22-23(15-12-18-38-39(19-20-39)31(3,4)5)29(30(35)37-8-2)34(28(22)24)16-9-10-17-36-21-26(27)33(6)32-25/h9-11,13-14H,7-8,12,15-21H2,1-6H3/b10-9-. The summed E-state index contributed by atoms with van der Waals surface area (Å²) in [5.41, 5.74) is 7.08. The summed E-state index contributed by atoms with van der Waals surface area (Å²) in [6.45, 7) is 13.6. The number of aryl methyl sites for hydroxylation is 3. The number of benzene rings is 1. The molecule has 2 aliphatic heterocycles. The van der Waals surface area contributed by atoms with Crippen LogP contribution in [0.5, 0.6) is 0 Å². The monoisotopic (exact) mass is 549 g/mol. The molecule has 3 aromatic rings. The van der Waals surface area contributed by atoms with E-state index in [2.05, 4.69) is 56.5 Å². The largest absolute Gasteiger partial charge is 0.461 e. The molecule has 0 aliphatic carbocycles. The van der Waals surface area contributed by atoms with Crippen LogP contribution in [0.2, 0.25) is 17.1 Å². The second-order valence-corrected chi connectivity index (χ2v) is 16.6. The maximum absolute atomic E-state index is 13.5. The van der Waals surface area contributed by atoms with Crippen molar-refractivity contribution in [3.8, 4) is 11.1 Å². The average Bonchev–Trinajstić information content (AvgIpc) is 3.56. The summed E-state index contributed by atoms with van der Waals surface area (Å²) in [5.74, 6) is -0.264. The lowest BCUT2D eigenvalue weighted by molar-refractivity contribution is 0.0513. The number of esters is 1. The van der Waals surface area contributed by atoms with E-state index in [9.17, 15) is 4.79 Å². The normalized spacial score (nSPS) is 17.5. The Hall–Kier alpha value is -2.68. The lowest BCUT2D eigenvalue weighted by atomic mass is 9.97. The molecule has 0 amide bonds. The predicted molar refractivity (Wildman–Crippen MR) is 158 cm³/mol. The molecule has 0 N–H and O–H groups in total. The Morgan fingerprint density at radius 3 is 2.67 bits per heavy atom. The lowest BCUT2D eigenvalue weighted by Gasteiger charge is -2.28. The van der Waals surface area contributed by atoms with E-state index < -0.39 is 8.32 Å². The summed E-state index contributed by atoms with van der Waals surface area (Å²) in [6, 6.07) is 8.94. The van der Waals surface area contributed by atoms with Crippen LogP contribution in [-0.4, -0.2) is 48.5 Å². The van der Waals surface area contributed by atoms with Crippen molar-refractivity contribution >= 4 is 25.2 Å². The number of carbonyl (C=O) groups is 1. The first-order valence-electron chi connectivity index (χ1n) is 14.5. The first-order valence-corrected chi connectivity index (χ1v) is 16.8. The molecule has 1 saturated heterocycles. The van der Waals surface area contributed by atoms with Crippen LogP contribution in [-0.2, 0) is 46.9 Å². The molecule has 0 unspecified atom stereocenters. The molecule has 1 aromatic carbocycles. The van der Waals surface area contributed by atoms with Gasteiger partial charge in [0.05, 0.1) is 36.7 Å². The van der Waals surface area contributed by atoms with Crippen LogP contribution in [0.15, 0.2) is 30.4 Å². The number of ether oxygens (including phenoxy) is 2. The molecule has 8 heteroatoms. The third-order valence-corrected chi connectivity index (χ3v) is 13.3. The molecule has 2 aromatic heterocycles. The molecule has 2 aliphatic rings.